The second kappa shape index (κ2) is 4.61. The number of thiophene rings is 1. The molecule has 2 aromatic rings. The maximum atomic E-state index is 11.4. The minimum absolute atomic E-state index is 0.0755. The van der Waals surface area contributed by atoms with Crippen molar-refractivity contribution in [1.82, 2.24) is 0 Å². The summed E-state index contributed by atoms with van der Waals surface area (Å²) in [6.45, 7) is -0.0755. The van der Waals surface area contributed by atoms with Gasteiger partial charge in [-0.1, -0.05) is 18.2 Å². The monoisotopic (exact) mass is 236 g/mol. The van der Waals surface area contributed by atoms with Gasteiger partial charge in [-0.05, 0) is 6.07 Å². The number of aliphatic hydroxyl groups is 1. The molecule has 1 heterocycles. The molecule has 0 aliphatic heterocycles. The molecular weight excluding hydrogens is 224 g/mol. The molecule has 0 bridgehead atoms. The Hall–Kier alpha value is -1.43. The molecule has 1 atom stereocenters. The van der Waals surface area contributed by atoms with E-state index in [0.29, 0.717) is 0 Å². The highest BCUT2D eigenvalue weighted by Gasteiger charge is 2.14. The molecule has 4 N–H and O–H groups in total. The summed E-state index contributed by atoms with van der Waals surface area (Å²) >= 11 is 1.55. The fourth-order valence-corrected chi connectivity index (χ4v) is 2.29. The van der Waals surface area contributed by atoms with Crippen LogP contribution in [0.4, 0.5) is 5.69 Å². The first-order valence-electron chi connectivity index (χ1n) is 4.87. The summed E-state index contributed by atoms with van der Waals surface area (Å²) in [7, 11) is 0. The van der Waals surface area contributed by atoms with E-state index < -0.39 is 12.0 Å². The number of benzene rings is 1. The SMILES string of the molecule is NCC(O)C(=O)Nc1csc2ccccc12. The molecule has 1 aromatic heterocycles. The molecule has 1 amide bonds. The van der Waals surface area contributed by atoms with Gasteiger partial charge in [-0.2, -0.15) is 0 Å². The molecule has 1 unspecified atom stereocenters. The number of fused-ring (bicyclic) bond motifs is 1. The summed E-state index contributed by atoms with van der Waals surface area (Å²) in [5, 5.41) is 14.8. The largest absolute Gasteiger partial charge is 0.382 e. The third kappa shape index (κ3) is 2.06. The molecule has 16 heavy (non-hydrogen) atoms. The van der Waals surface area contributed by atoms with Crippen LogP contribution in [0.2, 0.25) is 0 Å². The Morgan fingerprint density at radius 2 is 2.25 bits per heavy atom. The standard InChI is InChI=1S/C11H12N2O2S/c12-5-9(14)11(15)13-8-6-16-10-4-2-1-3-7(8)10/h1-4,6,9,14H,5,12H2,(H,13,15). The number of hydrogen-bond acceptors (Lipinski definition) is 4. The third-order valence-electron chi connectivity index (χ3n) is 2.26. The molecule has 1 aromatic carbocycles. The number of aliphatic hydroxyl groups excluding tert-OH is 1. The molecular formula is C11H12N2O2S. The number of carbonyl (C=O) groups excluding carboxylic acids is 1. The molecule has 84 valence electrons. The maximum absolute atomic E-state index is 11.4. The van der Waals surface area contributed by atoms with Crippen molar-refractivity contribution in [2.45, 2.75) is 6.10 Å². The zero-order valence-corrected chi connectivity index (χ0v) is 9.33. The quantitative estimate of drug-likeness (QED) is 0.748. The van der Waals surface area contributed by atoms with Gasteiger partial charge in [0.25, 0.3) is 5.91 Å². The Kier molecular flexibility index (Phi) is 3.19. The van der Waals surface area contributed by atoms with Gasteiger partial charge in [0.15, 0.2) is 0 Å². The molecule has 0 aliphatic carbocycles. The van der Waals surface area contributed by atoms with Crippen LogP contribution in [0.25, 0.3) is 10.1 Å². The smallest absolute Gasteiger partial charge is 0.254 e. The fraction of sp³-hybridized carbons (Fsp3) is 0.182. The van der Waals surface area contributed by atoms with Crippen molar-refractivity contribution in [3.05, 3.63) is 29.6 Å². The lowest BCUT2D eigenvalue weighted by Gasteiger charge is -2.07. The molecule has 0 aliphatic rings. The van der Waals surface area contributed by atoms with E-state index in [1.54, 1.807) is 11.3 Å². The van der Waals surface area contributed by atoms with E-state index in [1.165, 1.54) is 0 Å². The molecule has 0 saturated heterocycles. The summed E-state index contributed by atoms with van der Waals surface area (Å²) in [6.07, 6.45) is -1.15. The van der Waals surface area contributed by atoms with Gasteiger partial charge in [0.1, 0.15) is 6.10 Å². The van der Waals surface area contributed by atoms with Crippen LogP contribution in [0.15, 0.2) is 29.6 Å². The van der Waals surface area contributed by atoms with Crippen molar-refractivity contribution in [3.63, 3.8) is 0 Å². The lowest BCUT2D eigenvalue weighted by Crippen LogP contribution is -2.33. The van der Waals surface area contributed by atoms with Crippen molar-refractivity contribution < 1.29 is 9.90 Å². The Morgan fingerprint density at radius 3 is 3.00 bits per heavy atom. The zero-order valence-electron chi connectivity index (χ0n) is 8.51. The Balaban J connectivity index is 2.25. The minimum Gasteiger partial charge on any atom is -0.382 e. The average molecular weight is 236 g/mol. The Labute approximate surface area is 96.7 Å². The first-order chi connectivity index (χ1) is 7.72. The molecule has 0 radical (unpaired) electrons. The van der Waals surface area contributed by atoms with E-state index in [9.17, 15) is 9.90 Å². The van der Waals surface area contributed by atoms with Crippen LogP contribution in [0.3, 0.4) is 0 Å². The molecule has 4 nitrogen and oxygen atoms in total. The number of nitrogens with two attached hydrogens (primary N) is 1. The molecule has 0 saturated carbocycles. The van der Waals surface area contributed by atoms with Gasteiger partial charge in [-0.25, -0.2) is 0 Å². The minimum atomic E-state index is -1.15. The predicted molar refractivity (Wildman–Crippen MR) is 65.5 cm³/mol. The van der Waals surface area contributed by atoms with E-state index in [1.807, 2.05) is 29.6 Å². The first-order valence-corrected chi connectivity index (χ1v) is 5.75. The predicted octanol–water partition coefficient (Wildman–Crippen LogP) is 1.16. The summed E-state index contributed by atoms with van der Waals surface area (Å²) in [6, 6.07) is 7.76. The highest BCUT2D eigenvalue weighted by Crippen LogP contribution is 2.29. The van der Waals surface area contributed by atoms with Crippen LogP contribution in [-0.4, -0.2) is 23.7 Å². The second-order valence-corrected chi connectivity index (χ2v) is 4.30. The van der Waals surface area contributed by atoms with Crippen molar-refractivity contribution in [2.75, 3.05) is 11.9 Å². The second-order valence-electron chi connectivity index (χ2n) is 3.39. The van der Waals surface area contributed by atoms with Gasteiger partial charge in [0.2, 0.25) is 0 Å². The number of anilines is 1. The molecule has 5 heteroatoms. The van der Waals surface area contributed by atoms with Gasteiger partial charge in [-0.15, -0.1) is 11.3 Å². The Bertz CT molecular complexity index is 509. The number of nitrogens with one attached hydrogen (secondary N) is 1. The number of amides is 1. The third-order valence-corrected chi connectivity index (χ3v) is 3.23. The zero-order chi connectivity index (χ0) is 11.5. The van der Waals surface area contributed by atoms with Gasteiger partial charge >= 0.3 is 0 Å². The lowest BCUT2D eigenvalue weighted by molar-refractivity contribution is -0.123. The van der Waals surface area contributed by atoms with E-state index in [-0.39, 0.29) is 6.54 Å². The van der Waals surface area contributed by atoms with Gasteiger partial charge in [0.05, 0.1) is 5.69 Å². The van der Waals surface area contributed by atoms with E-state index >= 15 is 0 Å². The molecule has 2 rings (SSSR count). The normalized spacial score (nSPS) is 12.6. The topological polar surface area (TPSA) is 75.3 Å². The lowest BCUT2D eigenvalue weighted by atomic mass is 10.2. The number of carbonyl (C=O) groups is 1. The van der Waals surface area contributed by atoms with Crippen molar-refractivity contribution in [3.8, 4) is 0 Å². The van der Waals surface area contributed by atoms with E-state index in [4.69, 9.17) is 5.73 Å². The first kappa shape index (κ1) is 11.1. The van der Waals surface area contributed by atoms with Gasteiger partial charge in [-0.3, -0.25) is 4.79 Å². The van der Waals surface area contributed by atoms with Crippen LogP contribution < -0.4 is 11.1 Å². The van der Waals surface area contributed by atoms with Crippen LogP contribution in [0.5, 0.6) is 0 Å². The summed E-state index contributed by atoms with van der Waals surface area (Å²) in [5.74, 6) is -0.467. The van der Waals surface area contributed by atoms with Crippen LogP contribution in [0, 0.1) is 0 Å². The van der Waals surface area contributed by atoms with Crippen molar-refractivity contribution in [2.24, 2.45) is 5.73 Å². The fourth-order valence-electron chi connectivity index (χ4n) is 1.40. The Morgan fingerprint density at radius 1 is 1.50 bits per heavy atom. The van der Waals surface area contributed by atoms with E-state index in [2.05, 4.69) is 5.32 Å². The van der Waals surface area contributed by atoms with Crippen LogP contribution in [-0.2, 0) is 4.79 Å². The van der Waals surface area contributed by atoms with Gasteiger partial charge < -0.3 is 16.2 Å². The van der Waals surface area contributed by atoms with Crippen molar-refractivity contribution in [1.29, 1.82) is 0 Å². The van der Waals surface area contributed by atoms with Crippen LogP contribution in [0.1, 0.15) is 0 Å². The summed E-state index contributed by atoms with van der Waals surface area (Å²) < 4.78 is 1.10. The summed E-state index contributed by atoms with van der Waals surface area (Å²) in [5.41, 5.74) is 5.93. The highest BCUT2D eigenvalue weighted by atomic mass is 32.1. The average Bonchev–Trinajstić information content (AvgIpc) is 2.72. The van der Waals surface area contributed by atoms with Gasteiger partial charge in [0, 0.05) is 22.0 Å². The molecule has 0 fully saturated rings. The molecule has 0 spiro atoms. The van der Waals surface area contributed by atoms with Crippen molar-refractivity contribution >= 4 is 33.0 Å². The summed E-state index contributed by atoms with van der Waals surface area (Å²) in [4.78, 5) is 11.4. The highest BCUT2D eigenvalue weighted by molar-refractivity contribution is 7.17. The number of rotatable bonds is 3. The van der Waals surface area contributed by atoms with Crippen LogP contribution >= 0.6 is 11.3 Å². The maximum Gasteiger partial charge on any atom is 0.254 e. The number of hydrogen-bond donors (Lipinski definition) is 3. The van der Waals surface area contributed by atoms with E-state index in [0.717, 1.165) is 15.8 Å².